The predicted molar refractivity (Wildman–Crippen MR) is 72.6 cm³/mol. The second kappa shape index (κ2) is 6.41. The first-order valence-electron chi connectivity index (χ1n) is 6.22. The molecule has 0 nitrogen and oxygen atoms in total. The van der Waals surface area contributed by atoms with Crippen LogP contribution in [0.5, 0.6) is 0 Å². The van der Waals surface area contributed by atoms with E-state index in [9.17, 15) is 13.2 Å². The summed E-state index contributed by atoms with van der Waals surface area (Å²) in [6.07, 6.45) is 0. The van der Waals surface area contributed by atoms with Crippen LogP contribution in [0.4, 0.5) is 13.2 Å². The van der Waals surface area contributed by atoms with E-state index >= 15 is 0 Å². The summed E-state index contributed by atoms with van der Waals surface area (Å²) in [5.74, 6) is -2.67. The van der Waals surface area contributed by atoms with Crippen molar-refractivity contribution < 1.29 is 13.2 Å². The Morgan fingerprint density at radius 2 is 1.37 bits per heavy atom. The Hall–Kier alpha value is -1.77. The number of rotatable bonds is 1. The van der Waals surface area contributed by atoms with E-state index in [-0.39, 0.29) is 5.56 Å². The Balaban J connectivity index is 0.000000861. The summed E-state index contributed by atoms with van der Waals surface area (Å²) in [6.45, 7) is 7.64. The van der Waals surface area contributed by atoms with Crippen LogP contribution in [0, 0.1) is 31.3 Å². The molecular weight excluding hydrogens is 249 g/mol. The van der Waals surface area contributed by atoms with Crippen molar-refractivity contribution in [1.29, 1.82) is 0 Å². The molecule has 0 amide bonds. The zero-order valence-electron chi connectivity index (χ0n) is 11.5. The molecule has 0 fully saturated rings. The minimum absolute atomic E-state index is 0.174. The van der Waals surface area contributed by atoms with E-state index in [4.69, 9.17) is 0 Å². The highest BCUT2D eigenvalue weighted by Crippen LogP contribution is 2.30. The summed E-state index contributed by atoms with van der Waals surface area (Å²) in [5.41, 5.74) is 2.01. The average Bonchev–Trinajstić information content (AvgIpc) is 2.36. The smallest absolute Gasteiger partial charge is 0.136 e. The van der Waals surface area contributed by atoms with Gasteiger partial charge in [-0.25, -0.2) is 13.2 Å². The second-order valence-electron chi connectivity index (χ2n) is 3.99. The fourth-order valence-corrected chi connectivity index (χ4v) is 1.82. The van der Waals surface area contributed by atoms with E-state index in [1.54, 1.807) is 19.1 Å². The van der Waals surface area contributed by atoms with E-state index in [1.165, 1.54) is 0 Å². The third-order valence-corrected chi connectivity index (χ3v) is 2.88. The molecule has 0 spiro atoms. The van der Waals surface area contributed by atoms with Crippen molar-refractivity contribution >= 4 is 0 Å². The third-order valence-electron chi connectivity index (χ3n) is 2.88. The highest BCUT2D eigenvalue weighted by molar-refractivity contribution is 5.69. The lowest BCUT2D eigenvalue weighted by Crippen LogP contribution is -1.95. The van der Waals surface area contributed by atoms with Gasteiger partial charge < -0.3 is 0 Å². The summed E-state index contributed by atoms with van der Waals surface area (Å²) >= 11 is 0. The van der Waals surface area contributed by atoms with Crippen molar-refractivity contribution in [3.8, 4) is 11.1 Å². The molecule has 0 saturated heterocycles. The summed E-state index contributed by atoms with van der Waals surface area (Å²) in [6, 6.07) is 6.60. The molecule has 0 bridgehead atoms. The lowest BCUT2D eigenvalue weighted by atomic mass is 9.96. The number of hydrogen-bond donors (Lipinski definition) is 0. The van der Waals surface area contributed by atoms with Crippen molar-refractivity contribution in [2.45, 2.75) is 27.7 Å². The number of aryl methyl sites for hydroxylation is 1. The van der Waals surface area contributed by atoms with Crippen molar-refractivity contribution in [2.24, 2.45) is 0 Å². The molecule has 2 rings (SSSR count). The highest BCUT2D eigenvalue weighted by Gasteiger charge is 2.15. The van der Waals surface area contributed by atoms with E-state index in [0.717, 1.165) is 11.1 Å². The van der Waals surface area contributed by atoms with Crippen LogP contribution in [0.2, 0.25) is 0 Å². The van der Waals surface area contributed by atoms with Crippen LogP contribution in [0.3, 0.4) is 0 Å². The van der Waals surface area contributed by atoms with E-state index in [2.05, 4.69) is 0 Å². The molecule has 2 aromatic rings. The maximum atomic E-state index is 13.6. The molecule has 0 heterocycles. The first-order valence-corrected chi connectivity index (χ1v) is 6.22. The molecule has 0 saturated carbocycles. The Morgan fingerprint density at radius 1 is 0.842 bits per heavy atom. The van der Waals surface area contributed by atoms with Gasteiger partial charge in [0.1, 0.15) is 17.5 Å². The van der Waals surface area contributed by atoms with Crippen LogP contribution in [0.15, 0.2) is 30.3 Å². The molecule has 3 heteroatoms. The lowest BCUT2D eigenvalue weighted by Gasteiger charge is -2.10. The molecule has 0 N–H and O–H groups in total. The molecule has 2 aromatic carbocycles. The number of hydrogen-bond acceptors (Lipinski definition) is 0. The van der Waals surface area contributed by atoms with Crippen molar-refractivity contribution in [1.82, 2.24) is 0 Å². The van der Waals surface area contributed by atoms with Gasteiger partial charge in [0.15, 0.2) is 0 Å². The predicted octanol–water partition coefficient (Wildman–Crippen LogP) is 5.41. The summed E-state index contributed by atoms with van der Waals surface area (Å²) < 4.78 is 40.1. The van der Waals surface area contributed by atoms with Gasteiger partial charge in [-0.3, -0.25) is 0 Å². The van der Waals surface area contributed by atoms with Crippen LogP contribution in [0.1, 0.15) is 25.0 Å². The number of benzene rings is 2. The van der Waals surface area contributed by atoms with Gasteiger partial charge >= 0.3 is 0 Å². The minimum Gasteiger partial charge on any atom is -0.207 e. The van der Waals surface area contributed by atoms with Crippen LogP contribution in [-0.2, 0) is 0 Å². The van der Waals surface area contributed by atoms with Crippen molar-refractivity contribution in [3.05, 3.63) is 58.9 Å². The zero-order valence-corrected chi connectivity index (χ0v) is 11.5. The minimum atomic E-state index is -0.908. The first-order chi connectivity index (χ1) is 9.00. The van der Waals surface area contributed by atoms with Crippen LogP contribution >= 0.6 is 0 Å². The van der Waals surface area contributed by atoms with Gasteiger partial charge in [-0.15, -0.1) is 0 Å². The molecule has 0 aliphatic rings. The number of halogens is 3. The Kier molecular flexibility index (Phi) is 5.16. The second-order valence-corrected chi connectivity index (χ2v) is 3.99. The molecule has 0 aromatic heterocycles. The Labute approximate surface area is 111 Å². The fourth-order valence-electron chi connectivity index (χ4n) is 1.82. The summed E-state index contributed by atoms with van der Waals surface area (Å²) in [4.78, 5) is 0. The van der Waals surface area contributed by atoms with Gasteiger partial charge in [-0.2, -0.15) is 0 Å². The van der Waals surface area contributed by atoms with Gasteiger partial charge in [0.2, 0.25) is 0 Å². The molecule has 19 heavy (non-hydrogen) atoms. The maximum Gasteiger partial charge on any atom is 0.136 e. The van der Waals surface area contributed by atoms with Gasteiger partial charge in [-0.05, 0) is 30.5 Å². The topological polar surface area (TPSA) is 0 Å². The van der Waals surface area contributed by atoms with E-state index in [0.29, 0.717) is 17.7 Å². The third kappa shape index (κ3) is 3.16. The quantitative estimate of drug-likeness (QED) is 0.647. The molecule has 102 valence electrons. The van der Waals surface area contributed by atoms with Gasteiger partial charge in [0.05, 0.1) is 5.56 Å². The molecule has 0 atom stereocenters. The zero-order chi connectivity index (χ0) is 14.6. The maximum absolute atomic E-state index is 13.6. The summed E-state index contributed by atoms with van der Waals surface area (Å²) in [7, 11) is 0. The normalized spacial score (nSPS) is 9.84. The van der Waals surface area contributed by atoms with Crippen molar-refractivity contribution in [3.63, 3.8) is 0 Å². The van der Waals surface area contributed by atoms with Crippen LogP contribution in [-0.4, -0.2) is 0 Å². The highest BCUT2D eigenvalue weighted by atomic mass is 19.1. The van der Waals surface area contributed by atoms with E-state index in [1.807, 2.05) is 26.8 Å². The first kappa shape index (κ1) is 15.3. The van der Waals surface area contributed by atoms with Gasteiger partial charge in [0.25, 0.3) is 0 Å². The monoisotopic (exact) mass is 266 g/mol. The SMILES string of the molecule is CC.Cc1cccc(-c2c(F)cc(F)cc2F)c1C. The fraction of sp³-hybridized carbons (Fsp3) is 0.250. The lowest BCUT2D eigenvalue weighted by molar-refractivity contribution is 0.548. The average molecular weight is 266 g/mol. The largest absolute Gasteiger partial charge is 0.207 e. The molecule has 0 aliphatic heterocycles. The van der Waals surface area contributed by atoms with Crippen molar-refractivity contribution in [2.75, 3.05) is 0 Å². The Morgan fingerprint density at radius 3 is 1.89 bits per heavy atom. The standard InChI is InChI=1S/C14H11F3.C2H6/c1-8-4-3-5-11(9(8)2)14-12(16)6-10(15)7-13(14)17;1-2/h3-7H,1-2H3;1-2H3. The van der Waals surface area contributed by atoms with Crippen LogP contribution < -0.4 is 0 Å². The van der Waals surface area contributed by atoms with E-state index < -0.39 is 17.5 Å². The van der Waals surface area contributed by atoms with Gasteiger partial charge in [-0.1, -0.05) is 32.0 Å². The molecule has 0 unspecified atom stereocenters. The molecular formula is C16H17F3. The van der Waals surface area contributed by atoms with Gasteiger partial charge in [0, 0.05) is 12.1 Å². The van der Waals surface area contributed by atoms with Crippen LogP contribution in [0.25, 0.3) is 11.1 Å². The summed E-state index contributed by atoms with van der Waals surface area (Å²) in [5, 5.41) is 0. The Bertz CT molecular complexity index is 551. The molecule has 0 radical (unpaired) electrons. The molecule has 0 aliphatic carbocycles.